The second kappa shape index (κ2) is 11.0. The predicted octanol–water partition coefficient (Wildman–Crippen LogP) is 5.50. The molecular weight excluding hydrogens is 470 g/mol. The van der Waals surface area contributed by atoms with Crippen LogP contribution in [0.25, 0.3) is 5.69 Å². The first-order chi connectivity index (χ1) is 17.2. The third-order valence-electron chi connectivity index (χ3n) is 6.65. The SMILES string of the molecule is CCCN(Cc1ccccc1C(F)(F)F)Cc1c(C)nn(-c2cccc(F)c2)c1N1CCN(C)CC1. The highest BCUT2D eigenvalue weighted by atomic mass is 19.4. The van der Waals surface area contributed by atoms with Gasteiger partial charge in [0.15, 0.2) is 0 Å². The fraction of sp³-hybridized carbons (Fsp3) is 0.444. The fourth-order valence-corrected chi connectivity index (χ4v) is 4.79. The number of alkyl halides is 3. The van der Waals surface area contributed by atoms with Crippen LogP contribution in [0, 0.1) is 12.7 Å². The van der Waals surface area contributed by atoms with Crippen LogP contribution in [0.1, 0.15) is 35.7 Å². The van der Waals surface area contributed by atoms with Gasteiger partial charge in [0.1, 0.15) is 11.6 Å². The summed E-state index contributed by atoms with van der Waals surface area (Å²) in [5.74, 6) is 0.541. The minimum Gasteiger partial charge on any atom is -0.354 e. The predicted molar refractivity (Wildman–Crippen MR) is 134 cm³/mol. The molecule has 0 bridgehead atoms. The van der Waals surface area contributed by atoms with Crippen LogP contribution in [0.15, 0.2) is 48.5 Å². The van der Waals surface area contributed by atoms with E-state index in [9.17, 15) is 17.6 Å². The Morgan fingerprint density at radius 3 is 2.36 bits per heavy atom. The van der Waals surface area contributed by atoms with Gasteiger partial charge in [-0.3, -0.25) is 4.90 Å². The number of nitrogens with zero attached hydrogens (tertiary/aromatic N) is 5. The first kappa shape index (κ1) is 26.2. The Morgan fingerprint density at radius 1 is 0.972 bits per heavy atom. The standard InChI is InChI=1S/C27H33F4N5/c1-4-12-34(18-21-8-5-6-11-25(21)27(29,30)31)19-24-20(2)32-36(23-10-7-9-22(28)17-23)26(24)35-15-13-33(3)14-16-35/h5-11,17H,4,12-16,18-19H2,1-3H3. The summed E-state index contributed by atoms with van der Waals surface area (Å²) in [5, 5.41) is 4.78. The van der Waals surface area contributed by atoms with Crippen LogP contribution in [-0.2, 0) is 19.3 Å². The third-order valence-corrected chi connectivity index (χ3v) is 6.65. The summed E-state index contributed by atoms with van der Waals surface area (Å²) >= 11 is 0. The minimum atomic E-state index is -4.41. The fourth-order valence-electron chi connectivity index (χ4n) is 4.79. The summed E-state index contributed by atoms with van der Waals surface area (Å²) in [5.41, 5.74) is 2.04. The molecule has 1 aromatic heterocycles. The molecule has 36 heavy (non-hydrogen) atoms. The zero-order chi connectivity index (χ0) is 25.9. The van der Waals surface area contributed by atoms with Gasteiger partial charge in [-0.05, 0) is 56.8 Å². The lowest BCUT2D eigenvalue weighted by atomic mass is 10.1. The molecule has 1 fully saturated rings. The Balaban J connectivity index is 1.73. The summed E-state index contributed by atoms with van der Waals surface area (Å²) in [6.45, 7) is 8.53. The normalized spacial score (nSPS) is 15.2. The molecule has 0 amide bonds. The quantitative estimate of drug-likeness (QED) is 0.380. The molecule has 2 aromatic carbocycles. The minimum absolute atomic E-state index is 0.177. The van der Waals surface area contributed by atoms with E-state index in [1.807, 2.05) is 24.8 Å². The molecule has 4 rings (SSSR count). The third kappa shape index (κ3) is 5.90. The lowest BCUT2D eigenvalue weighted by Gasteiger charge is -2.35. The van der Waals surface area contributed by atoms with E-state index in [4.69, 9.17) is 5.10 Å². The van der Waals surface area contributed by atoms with Crippen LogP contribution < -0.4 is 4.90 Å². The maximum Gasteiger partial charge on any atom is 0.416 e. The highest BCUT2D eigenvalue weighted by Crippen LogP contribution is 2.34. The van der Waals surface area contributed by atoms with E-state index in [0.29, 0.717) is 18.8 Å². The Hall–Kier alpha value is -2.91. The lowest BCUT2D eigenvalue weighted by molar-refractivity contribution is -0.138. The molecule has 194 valence electrons. The number of rotatable bonds is 8. The number of hydrogen-bond donors (Lipinski definition) is 0. The number of aryl methyl sites for hydroxylation is 1. The molecule has 0 radical (unpaired) electrons. The van der Waals surface area contributed by atoms with E-state index < -0.39 is 11.7 Å². The van der Waals surface area contributed by atoms with Gasteiger partial charge in [0.25, 0.3) is 0 Å². The van der Waals surface area contributed by atoms with Gasteiger partial charge >= 0.3 is 6.18 Å². The molecule has 0 aliphatic carbocycles. The summed E-state index contributed by atoms with van der Waals surface area (Å²) in [6, 6.07) is 12.1. The van der Waals surface area contributed by atoms with Crippen molar-refractivity contribution in [2.45, 2.75) is 39.5 Å². The van der Waals surface area contributed by atoms with E-state index in [-0.39, 0.29) is 17.9 Å². The van der Waals surface area contributed by atoms with Crippen molar-refractivity contribution in [1.29, 1.82) is 0 Å². The molecule has 1 aliphatic rings. The monoisotopic (exact) mass is 503 g/mol. The van der Waals surface area contributed by atoms with Crippen LogP contribution in [0.2, 0.25) is 0 Å². The smallest absolute Gasteiger partial charge is 0.354 e. The number of piperazine rings is 1. The summed E-state index contributed by atoms with van der Waals surface area (Å²) < 4.78 is 56.9. The molecule has 0 unspecified atom stereocenters. The maximum absolute atomic E-state index is 14.1. The zero-order valence-electron chi connectivity index (χ0n) is 21.0. The van der Waals surface area contributed by atoms with Crippen molar-refractivity contribution >= 4 is 5.82 Å². The molecule has 0 N–H and O–H groups in total. The van der Waals surface area contributed by atoms with Crippen molar-refractivity contribution in [3.63, 3.8) is 0 Å². The van der Waals surface area contributed by atoms with E-state index in [0.717, 1.165) is 55.7 Å². The highest BCUT2D eigenvalue weighted by Gasteiger charge is 2.33. The molecule has 0 atom stereocenters. The summed E-state index contributed by atoms with van der Waals surface area (Å²) in [4.78, 5) is 6.56. The van der Waals surface area contributed by atoms with Crippen molar-refractivity contribution < 1.29 is 17.6 Å². The van der Waals surface area contributed by atoms with Crippen molar-refractivity contribution in [2.75, 3.05) is 44.7 Å². The van der Waals surface area contributed by atoms with Crippen LogP contribution in [0.5, 0.6) is 0 Å². The first-order valence-electron chi connectivity index (χ1n) is 12.3. The van der Waals surface area contributed by atoms with Crippen LogP contribution >= 0.6 is 0 Å². The van der Waals surface area contributed by atoms with Crippen LogP contribution in [0.4, 0.5) is 23.4 Å². The van der Waals surface area contributed by atoms with Gasteiger partial charge < -0.3 is 9.80 Å². The molecule has 0 spiro atoms. The van der Waals surface area contributed by atoms with Gasteiger partial charge in [0.05, 0.1) is 16.9 Å². The first-order valence-corrected chi connectivity index (χ1v) is 12.3. The Labute approximate surface area is 209 Å². The summed E-state index contributed by atoms with van der Waals surface area (Å²) in [6.07, 6.45) is -3.60. The second-order valence-electron chi connectivity index (χ2n) is 9.44. The molecule has 9 heteroatoms. The van der Waals surface area contributed by atoms with E-state index >= 15 is 0 Å². The Bertz CT molecular complexity index is 1170. The van der Waals surface area contributed by atoms with Gasteiger partial charge in [0, 0.05) is 44.8 Å². The molecule has 2 heterocycles. The number of benzene rings is 2. The van der Waals surface area contributed by atoms with Gasteiger partial charge in [-0.25, -0.2) is 9.07 Å². The number of anilines is 1. The van der Waals surface area contributed by atoms with Gasteiger partial charge in [-0.2, -0.15) is 18.3 Å². The van der Waals surface area contributed by atoms with Crippen molar-refractivity contribution in [3.05, 3.63) is 76.7 Å². The van der Waals surface area contributed by atoms with Gasteiger partial charge in [-0.1, -0.05) is 31.2 Å². The van der Waals surface area contributed by atoms with Gasteiger partial charge in [-0.15, -0.1) is 0 Å². The highest BCUT2D eigenvalue weighted by molar-refractivity contribution is 5.56. The lowest BCUT2D eigenvalue weighted by Crippen LogP contribution is -2.45. The molecule has 5 nitrogen and oxygen atoms in total. The molecular formula is C27H33F4N5. The topological polar surface area (TPSA) is 27.5 Å². The van der Waals surface area contributed by atoms with E-state index in [2.05, 4.69) is 16.8 Å². The number of hydrogen-bond acceptors (Lipinski definition) is 4. The maximum atomic E-state index is 14.1. The number of likely N-dealkylation sites (N-methyl/N-ethyl adjacent to an activating group) is 1. The van der Waals surface area contributed by atoms with Crippen molar-refractivity contribution in [3.8, 4) is 5.69 Å². The second-order valence-corrected chi connectivity index (χ2v) is 9.44. The largest absolute Gasteiger partial charge is 0.416 e. The Morgan fingerprint density at radius 2 is 1.69 bits per heavy atom. The summed E-state index contributed by atoms with van der Waals surface area (Å²) in [7, 11) is 2.08. The zero-order valence-corrected chi connectivity index (χ0v) is 21.0. The van der Waals surface area contributed by atoms with Gasteiger partial charge in [0.2, 0.25) is 0 Å². The van der Waals surface area contributed by atoms with E-state index in [1.165, 1.54) is 18.2 Å². The number of halogens is 4. The number of aromatic nitrogens is 2. The van der Waals surface area contributed by atoms with Crippen LogP contribution in [0.3, 0.4) is 0 Å². The molecule has 0 saturated carbocycles. The average Bonchev–Trinajstić information content (AvgIpc) is 3.15. The Kier molecular flexibility index (Phi) is 8.00. The van der Waals surface area contributed by atoms with E-state index in [1.54, 1.807) is 22.9 Å². The molecule has 3 aromatic rings. The van der Waals surface area contributed by atoms with Crippen molar-refractivity contribution in [1.82, 2.24) is 19.6 Å². The van der Waals surface area contributed by atoms with Crippen LogP contribution in [-0.4, -0.2) is 59.4 Å². The molecule has 1 saturated heterocycles. The average molecular weight is 504 g/mol. The van der Waals surface area contributed by atoms with Crippen molar-refractivity contribution in [2.24, 2.45) is 0 Å². The molecule has 1 aliphatic heterocycles.